The average Bonchev–Trinajstić information content (AvgIpc) is 3.49. The van der Waals surface area contributed by atoms with E-state index < -0.39 is 29.8 Å². The second kappa shape index (κ2) is 9.82. The summed E-state index contributed by atoms with van der Waals surface area (Å²) >= 11 is 2.98. The number of likely N-dealkylation sites (tertiary alicyclic amines) is 1. The van der Waals surface area contributed by atoms with Gasteiger partial charge in [-0.2, -0.15) is 0 Å². The van der Waals surface area contributed by atoms with Crippen LogP contribution in [0.2, 0.25) is 0 Å². The molecule has 0 saturated carbocycles. The molecule has 4 rings (SSSR count). The summed E-state index contributed by atoms with van der Waals surface area (Å²) in [6, 6.07) is 9.79. The predicted octanol–water partition coefficient (Wildman–Crippen LogP) is 4.40. The fourth-order valence-corrected chi connectivity index (χ4v) is 7.26. The number of benzene rings is 1. The molecule has 0 spiro atoms. The Hall–Kier alpha value is -2.81. The molecule has 0 bridgehead atoms. The SMILES string of the molecule is COCC(=O)N1C(C(N)=O)C(c2sccc2C)C(C(=O)c2ccccc2C)C1c1sccc1C. The fraction of sp³-hybridized carbons (Fsp3) is 0.346. The summed E-state index contributed by atoms with van der Waals surface area (Å²) in [6.07, 6.45) is 0. The Morgan fingerprint density at radius 2 is 1.56 bits per heavy atom. The van der Waals surface area contributed by atoms with Crippen molar-refractivity contribution in [1.82, 2.24) is 4.90 Å². The van der Waals surface area contributed by atoms with Crippen LogP contribution in [-0.4, -0.2) is 42.3 Å². The minimum absolute atomic E-state index is 0.0901. The van der Waals surface area contributed by atoms with Crippen molar-refractivity contribution in [2.24, 2.45) is 11.7 Å². The third kappa shape index (κ3) is 4.10. The molecule has 2 aromatic heterocycles. The number of Topliss-reactive ketones (excluding diaryl/α,β-unsaturated/α-hetero) is 1. The normalized spacial score (nSPS) is 22.2. The summed E-state index contributed by atoms with van der Waals surface area (Å²) < 4.78 is 5.17. The van der Waals surface area contributed by atoms with Gasteiger partial charge in [-0.25, -0.2) is 0 Å². The highest BCUT2D eigenvalue weighted by atomic mass is 32.1. The maximum Gasteiger partial charge on any atom is 0.249 e. The van der Waals surface area contributed by atoms with Crippen molar-refractivity contribution >= 4 is 40.3 Å². The molecule has 1 saturated heterocycles. The summed E-state index contributed by atoms with van der Waals surface area (Å²) in [5.41, 5.74) is 9.37. The zero-order chi connectivity index (χ0) is 24.6. The number of primary amides is 1. The van der Waals surface area contributed by atoms with Gasteiger partial charge in [-0.15, -0.1) is 22.7 Å². The van der Waals surface area contributed by atoms with E-state index in [2.05, 4.69) is 0 Å². The fourth-order valence-electron chi connectivity index (χ4n) is 5.08. The van der Waals surface area contributed by atoms with Crippen molar-refractivity contribution in [2.75, 3.05) is 13.7 Å². The number of methoxy groups -OCH3 is 1. The number of carbonyl (C=O) groups is 3. The van der Waals surface area contributed by atoms with Gasteiger partial charge < -0.3 is 15.4 Å². The number of hydrogen-bond acceptors (Lipinski definition) is 6. The molecule has 4 atom stereocenters. The van der Waals surface area contributed by atoms with Gasteiger partial charge in [0.2, 0.25) is 11.8 Å². The molecule has 2 amide bonds. The Labute approximate surface area is 207 Å². The number of amides is 2. The summed E-state index contributed by atoms with van der Waals surface area (Å²) in [5.74, 6) is -2.30. The highest BCUT2D eigenvalue weighted by molar-refractivity contribution is 7.10. The lowest BCUT2D eigenvalue weighted by Crippen LogP contribution is -2.47. The maximum absolute atomic E-state index is 14.3. The molecular formula is C26H28N2O4S2. The van der Waals surface area contributed by atoms with Gasteiger partial charge >= 0.3 is 0 Å². The summed E-state index contributed by atoms with van der Waals surface area (Å²) in [6.45, 7) is 5.62. The quantitative estimate of drug-likeness (QED) is 0.491. The Bertz CT molecular complexity index is 1230. The van der Waals surface area contributed by atoms with E-state index in [0.717, 1.165) is 26.4 Å². The molecule has 8 heteroatoms. The van der Waals surface area contributed by atoms with Gasteiger partial charge in [0.1, 0.15) is 12.6 Å². The minimum Gasteiger partial charge on any atom is -0.375 e. The molecule has 4 unspecified atom stereocenters. The van der Waals surface area contributed by atoms with Crippen LogP contribution in [0.1, 0.15) is 48.8 Å². The third-order valence-corrected chi connectivity index (χ3v) is 8.81. The number of ether oxygens (including phenoxy) is 1. The van der Waals surface area contributed by atoms with Crippen molar-refractivity contribution in [3.8, 4) is 0 Å². The largest absolute Gasteiger partial charge is 0.375 e. The second-order valence-electron chi connectivity index (χ2n) is 8.69. The van der Waals surface area contributed by atoms with E-state index in [1.807, 2.05) is 67.9 Å². The second-order valence-corrected chi connectivity index (χ2v) is 10.6. The summed E-state index contributed by atoms with van der Waals surface area (Å²) in [4.78, 5) is 44.0. The summed E-state index contributed by atoms with van der Waals surface area (Å²) in [7, 11) is 1.44. The van der Waals surface area contributed by atoms with Gasteiger partial charge in [-0.3, -0.25) is 14.4 Å². The van der Waals surface area contributed by atoms with E-state index in [9.17, 15) is 14.4 Å². The molecule has 3 aromatic rings. The lowest BCUT2D eigenvalue weighted by atomic mass is 9.78. The zero-order valence-corrected chi connectivity index (χ0v) is 21.2. The van der Waals surface area contributed by atoms with E-state index in [1.54, 1.807) is 0 Å². The van der Waals surface area contributed by atoms with Gasteiger partial charge in [-0.05, 0) is 60.4 Å². The van der Waals surface area contributed by atoms with Crippen molar-refractivity contribution in [3.63, 3.8) is 0 Å². The standard InChI is InChI=1S/C26H28N2O4S2/c1-14-7-5-6-8-17(14)23(30)19-20(24-15(2)9-11-33-24)22(26(27)31)28(18(29)13-32-4)21(19)25-16(3)10-12-34-25/h5-12,19-22H,13H2,1-4H3,(H2,27,31). The summed E-state index contributed by atoms with van der Waals surface area (Å²) in [5, 5.41) is 3.89. The van der Waals surface area contributed by atoms with Crippen LogP contribution in [0, 0.1) is 26.7 Å². The highest BCUT2D eigenvalue weighted by Gasteiger charge is 2.58. The smallest absolute Gasteiger partial charge is 0.249 e. The molecule has 178 valence electrons. The zero-order valence-electron chi connectivity index (χ0n) is 19.6. The van der Waals surface area contributed by atoms with E-state index in [0.29, 0.717) is 5.56 Å². The minimum atomic E-state index is -0.968. The number of rotatable bonds is 7. The number of nitrogens with two attached hydrogens (primary N) is 1. The van der Waals surface area contributed by atoms with Gasteiger partial charge in [-0.1, -0.05) is 24.3 Å². The van der Waals surface area contributed by atoms with Gasteiger partial charge in [0, 0.05) is 28.3 Å². The first-order valence-corrected chi connectivity index (χ1v) is 12.8. The molecule has 6 nitrogen and oxygen atoms in total. The molecule has 0 aliphatic carbocycles. The predicted molar refractivity (Wildman–Crippen MR) is 134 cm³/mol. The first-order valence-electron chi connectivity index (χ1n) is 11.0. The molecule has 1 aliphatic rings. The maximum atomic E-state index is 14.3. The molecule has 2 N–H and O–H groups in total. The van der Waals surface area contributed by atoms with E-state index >= 15 is 0 Å². The van der Waals surface area contributed by atoms with E-state index in [4.69, 9.17) is 10.5 Å². The Balaban J connectivity index is 2.00. The topological polar surface area (TPSA) is 89.7 Å². The molecule has 1 fully saturated rings. The Morgan fingerprint density at radius 1 is 0.941 bits per heavy atom. The monoisotopic (exact) mass is 496 g/mol. The number of hydrogen-bond donors (Lipinski definition) is 1. The van der Waals surface area contributed by atoms with Crippen LogP contribution in [0.3, 0.4) is 0 Å². The number of ketones is 1. The lowest BCUT2D eigenvalue weighted by Gasteiger charge is -2.30. The van der Waals surface area contributed by atoms with Crippen molar-refractivity contribution in [2.45, 2.75) is 38.8 Å². The van der Waals surface area contributed by atoms with Crippen LogP contribution in [0.4, 0.5) is 0 Å². The van der Waals surface area contributed by atoms with Gasteiger partial charge in [0.15, 0.2) is 5.78 Å². The number of nitrogens with zero attached hydrogens (tertiary/aromatic N) is 1. The molecule has 1 aliphatic heterocycles. The van der Waals surface area contributed by atoms with Gasteiger partial charge in [0.05, 0.1) is 12.0 Å². The van der Waals surface area contributed by atoms with E-state index in [-0.39, 0.29) is 18.3 Å². The number of aryl methyl sites for hydroxylation is 3. The first kappa shape index (κ1) is 24.3. The number of thiophene rings is 2. The first-order chi connectivity index (χ1) is 16.3. The molecular weight excluding hydrogens is 468 g/mol. The van der Waals surface area contributed by atoms with E-state index in [1.165, 1.54) is 34.7 Å². The van der Waals surface area contributed by atoms with Crippen LogP contribution in [0.15, 0.2) is 47.2 Å². The van der Waals surface area contributed by atoms with Crippen LogP contribution in [0.25, 0.3) is 0 Å². The molecule has 34 heavy (non-hydrogen) atoms. The van der Waals surface area contributed by atoms with Crippen LogP contribution < -0.4 is 5.73 Å². The van der Waals surface area contributed by atoms with Crippen molar-refractivity contribution < 1.29 is 19.1 Å². The Kier molecular flexibility index (Phi) is 7.02. The van der Waals surface area contributed by atoms with Crippen LogP contribution in [-0.2, 0) is 14.3 Å². The van der Waals surface area contributed by atoms with Crippen molar-refractivity contribution in [3.05, 3.63) is 79.2 Å². The van der Waals surface area contributed by atoms with Gasteiger partial charge in [0.25, 0.3) is 0 Å². The van der Waals surface area contributed by atoms with Crippen molar-refractivity contribution in [1.29, 1.82) is 0 Å². The Morgan fingerprint density at radius 3 is 2.09 bits per heavy atom. The average molecular weight is 497 g/mol. The molecule has 3 heterocycles. The third-order valence-electron chi connectivity index (χ3n) is 6.60. The molecule has 1 aromatic carbocycles. The lowest BCUT2D eigenvalue weighted by molar-refractivity contribution is -0.142. The molecule has 0 radical (unpaired) electrons. The number of carbonyl (C=O) groups excluding carboxylic acids is 3. The van der Waals surface area contributed by atoms with Crippen LogP contribution >= 0.6 is 22.7 Å². The highest BCUT2D eigenvalue weighted by Crippen LogP contribution is 2.54. The van der Waals surface area contributed by atoms with Crippen LogP contribution in [0.5, 0.6) is 0 Å².